The van der Waals surface area contributed by atoms with Crippen LogP contribution in [0, 0.1) is 0 Å². The second kappa shape index (κ2) is 4.40. The standard InChI is InChI=1S/C8H6ClF3O2S/c9-15(13,14)6-3-1-2-5(4-6)7(10)8(11)12/h1-4,7-8H. The molecule has 0 bridgehead atoms. The maximum atomic E-state index is 12.8. The van der Waals surface area contributed by atoms with Gasteiger partial charge in [-0.3, -0.25) is 0 Å². The first kappa shape index (κ1) is 12.3. The summed E-state index contributed by atoms with van der Waals surface area (Å²) in [5, 5.41) is 0. The van der Waals surface area contributed by atoms with Crippen molar-refractivity contribution < 1.29 is 21.6 Å². The fourth-order valence-corrected chi connectivity index (χ4v) is 1.79. The summed E-state index contributed by atoms with van der Waals surface area (Å²) in [5.74, 6) is 0. The smallest absolute Gasteiger partial charge is 0.236 e. The minimum Gasteiger partial charge on any atom is -0.236 e. The summed E-state index contributed by atoms with van der Waals surface area (Å²) in [4.78, 5) is -0.398. The third-order valence-electron chi connectivity index (χ3n) is 1.68. The quantitative estimate of drug-likeness (QED) is 0.781. The lowest BCUT2D eigenvalue weighted by Gasteiger charge is -2.07. The Hall–Kier alpha value is -0.750. The van der Waals surface area contributed by atoms with Gasteiger partial charge in [-0.15, -0.1) is 0 Å². The lowest BCUT2D eigenvalue weighted by Crippen LogP contribution is -2.04. The van der Waals surface area contributed by atoms with Crippen molar-refractivity contribution >= 4 is 19.7 Å². The van der Waals surface area contributed by atoms with Crippen molar-refractivity contribution in [2.75, 3.05) is 0 Å². The molecule has 0 heterocycles. The van der Waals surface area contributed by atoms with Crippen LogP contribution in [0.2, 0.25) is 0 Å². The highest BCUT2D eigenvalue weighted by molar-refractivity contribution is 8.13. The second-order valence-corrected chi connectivity index (χ2v) is 5.31. The molecule has 1 unspecified atom stereocenters. The van der Waals surface area contributed by atoms with E-state index in [0.29, 0.717) is 0 Å². The third-order valence-corrected chi connectivity index (χ3v) is 3.03. The summed E-state index contributed by atoms with van der Waals surface area (Å²) in [5.41, 5.74) is -0.410. The summed E-state index contributed by atoms with van der Waals surface area (Å²) in [6.07, 6.45) is -5.71. The van der Waals surface area contributed by atoms with Crippen molar-refractivity contribution in [2.24, 2.45) is 0 Å². The van der Waals surface area contributed by atoms with Crippen molar-refractivity contribution in [2.45, 2.75) is 17.5 Å². The van der Waals surface area contributed by atoms with E-state index in [-0.39, 0.29) is 0 Å². The van der Waals surface area contributed by atoms with Gasteiger partial charge in [0.2, 0.25) is 0 Å². The van der Waals surface area contributed by atoms with Gasteiger partial charge in [0.1, 0.15) is 0 Å². The van der Waals surface area contributed by atoms with E-state index in [4.69, 9.17) is 10.7 Å². The molecule has 0 aliphatic rings. The number of alkyl halides is 3. The monoisotopic (exact) mass is 258 g/mol. The van der Waals surface area contributed by atoms with Crippen molar-refractivity contribution in [3.05, 3.63) is 29.8 Å². The number of hydrogen-bond acceptors (Lipinski definition) is 2. The fourth-order valence-electron chi connectivity index (χ4n) is 0.983. The van der Waals surface area contributed by atoms with Crippen LogP contribution in [0.1, 0.15) is 11.7 Å². The molecule has 84 valence electrons. The topological polar surface area (TPSA) is 34.1 Å². The Morgan fingerprint density at radius 1 is 1.20 bits per heavy atom. The molecule has 0 fully saturated rings. The zero-order valence-electron chi connectivity index (χ0n) is 7.20. The molecule has 0 saturated heterocycles. The summed E-state index contributed by atoms with van der Waals surface area (Å²) in [6.45, 7) is 0. The number of hydrogen-bond donors (Lipinski definition) is 0. The van der Waals surface area contributed by atoms with E-state index < -0.39 is 32.1 Å². The molecular weight excluding hydrogens is 253 g/mol. The van der Waals surface area contributed by atoms with Crippen LogP contribution >= 0.6 is 10.7 Å². The van der Waals surface area contributed by atoms with E-state index >= 15 is 0 Å². The molecule has 1 aromatic carbocycles. The van der Waals surface area contributed by atoms with E-state index in [0.717, 1.165) is 24.3 Å². The summed E-state index contributed by atoms with van der Waals surface area (Å²) >= 11 is 0. The zero-order chi connectivity index (χ0) is 11.6. The zero-order valence-corrected chi connectivity index (χ0v) is 8.77. The van der Waals surface area contributed by atoms with Gasteiger partial charge in [-0.1, -0.05) is 12.1 Å². The van der Waals surface area contributed by atoms with Gasteiger partial charge in [-0.25, -0.2) is 21.6 Å². The Morgan fingerprint density at radius 3 is 2.27 bits per heavy atom. The summed E-state index contributed by atoms with van der Waals surface area (Å²) in [7, 11) is 0.953. The van der Waals surface area contributed by atoms with Crippen LogP contribution in [0.25, 0.3) is 0 Å². The van der Waals surface area contributed by atoms with Crippen molar-refractivity contribution in [3.8, 4) is 0 Å². The van der Waals surface area contributed by atoms with E-state index in [2.05, 4.69) is 0 Å². The molecule has 1 rings (SSSR count). The average molecular weight is 259 g/mol. The highest BCUT2D eigenvalue weighted by atomic mass is 35.7. The van der Waals surface area contributed by atoms with Crippen LogP contribution in [0.3, 0.4) is 0 Å². The van der Waals surface area contributed by atoms with Gasteiger partial charge in [-0.05, 0) is 17.7 Å². The first-order valence-corrected chi connectivity index (χ1v) is 6.10. The normalized spacial score (nSPS) is 14.2. The molecule has 1 atom stereocenters. The van der Waals surface area contributed by atoms with E-state index in [1.54, 1.807) is 0 Å². The van der Waals surface area contributed by atoms with Gasteiger partial charge in [0.05, 0.1) is 4.90 Å². The molecular formula is C8H6ClF3O2S. The minimum atomic E-state index is -4.02. The molecule has 0 saturated carbocycles. The molecule has 0 spiro atoms. The first-order chi connectivity index (χ1) is 6.82. The highest BCUT2D eigenvalue weighted by Crippen LogP contribution is 2.27. The van der Waals surface area contributed by atoms with Crippen LogP contribution in [-0.4, -0.2) is 14.8 Å². The van der Waals surface area contributed by atoms with Crippen LogP contribution in [-0.2, 0) is 9.05 Å². The highest BCUT2D eigenvalue weighted by Gasteiger charge is 2.22. The van der Waals surface area contributed by atoms with Crippen LogP contribution < -0.4 is 0 Å². The third kappa shape index (κ3) is 3.10. The summed E-state index contributed by atoms with van der Waals surface area (Å²) < 4.78 is 58.5. The number of rotatable bonds is 3. The van der Waals surface area contributed by atoms with Crippen LogP contribution in [0.5, 0.6) is 0 Å². The maximum Gasteiger partial charge on any atom is 0.273 e. The Kier molecular flexibility index (Phi) is 3.62. The SMILES string of the molecule is O=S(=O)(Cl)c1cccc(C(F)C(F)F)c1. The average Bonchev–Trinajstić information content (AvgIpc) is 2.15. The lowest BCUT2D eigenvalue weighted by atomic mass is 10.1. The Bertz CT molecular complexity index is 447. The van der Waals surface area contributed by atoms with E-state index in [1.165, 1.54) is 0 Å². The second-order valence-electron chi connectivity index (χ2n) is 2.75. The molecule has 0 amide bonds. The van der Waals surface area contributed by atoms with E-state index in [9.17, 15) is 21.6 Å². The molecule has 0 radical (unpaired) electrons. The Labute approximate surface area is 89.1 Å². The molecule has 15 heavy (non-hydrogen) atoms. The van der Waals surface area contributed by atoms with Crippen molar-refractivity contribution in [3.63, 3.8) is 0 Å². The van der Waals surface area contributed by atoms with Crippen molar-refractivity contribution in [1.29, 1.82) is 0 Å². The van der Waals surface area contributed by atoms with Gasteiger partial charge in [-0.2, -0.15) is 0 Å². The van der Waals surface area contributed by atoms with Crippen LogP contribution in [0.15, 0.2) is 29.2 Å². The summed E-state index contributed by atoms with van der Waals surface area (Å²) in [6, 6.07) is 4.12. The minimum absolute atomic E-state index is 0.398. The molecule has 0 N–H and O–H groups in total. The molecule has 0 aromatic heterocycles. The molecule has 2 nitrogen and oxygen atoms in total. The van der Waals surface area contributed by atoms with Gasteiger partial charge in [0.15, 0.2) is 6.17 Å². The predicted octanol–water partition coefficient (Wildman–Crippen LogP) is 2.89. The molecule has 0 aliphatic heterocycles. The fraction of sp³-hybridized carbons (Fsp3) is 0.250. The molecule has 7 heteroatoms. The molecule has 1 aromatic rings. The lowest BCUT2D eigenvalue weighted by molar-refractivity contribution is 0.0494. The van der Waals surface area contributed by atoms with Crippen LogP contribution in [0.4, 0.5) is 13.2 Å². The van der Waals surface area contributed by atoms with E-state index in [1.807, 2.05) is 0 Å². The Morgan fingerprint density at radius 2 is 1.80 bits per heavy atom. The largest absolute Gasteiger partial charge is 0.273 e. The number of halogens is 4. The van der Waals surface area contributed by atoms with Gasteiger partial charge in [0, 0.05) is 10.7 Å². The predicted molar refractivity (Wildman–Crippen MR) is 49.3 cm³/mol. The van der Waals surface area contributed by atoms with Crippen molar-refractivity contribution in [1.82, 2.24) is 0 Å². The maximum absolute atomic E-state index is 12.8. The Balaban J connectivity index is 3.14. The van der Waals surface area contributed by atoms with Gasteiger partial charge in [0.25, 0.3) is 15.5 Å². The molecule has 0 aliphatic carbocycles. The van der Waals surface area contributed by atoms with Gasteiger partial charge < -0.3 is 0 Å². The number of benzene rings is 1. The van der Waals surface area contributed by atoms with Gasteiger partial charge >= 0.3 is 0 Å². The first-order valence-electron chi connectivity index (χ1n) is 3.79.